The normalized spacial score (nSPS) is 18.0. The summed E-state index contributed by atoms with van der Waals surface area (Å²) in [6, 6.07) is 5.22. The van der Waals surface area contributed by atoms with Crippen LogP contribution in [0.2, 0.25) is 0 Å². The van der Waals surface area contributed by atoms with Gasteiger partial charge in [-0.1, -0.05) is 15.9 Å². The molecule has 1 unspecified atom stereocenters. The Balaban J connectivity index is 0.00000220. The van der Waals surface area contributed by atoms with Crippen LogP contribution in [-0.4, -0.2) is 37.8 Å². The molecular weight excluding hydrogens is 360 g/mol. The van der Waals surface area contributed by atoms with Crippen molar-refractivity contribution in [2.24, 2.45) is 0 Å². The van der Waals surface area contributed by atoms with Crippen LogP contribution in [0.15, 0.2) is 22.7 Å². The van der Waals surface area contributed by atoms with E-state index in [0.717, 1.165) is 10.2 Å². The number of amides is 1. The molecule has 5 nitrogen and oxygen atoms in total. The highest BCUT2D eigenvalue weighted by Gasteiger charge is 2.21. The molecule has 1 saturated heterocycles. The summed E-state index contributed by atoms with van der Waals surface area (Å²) >= 11 is 3.42. The van der Waals surface area contributed by atoms with Gasteiger partial charge in [0.05, 0.1) is 19.3 Å². The molecule has 0 saturated carbocycles. The first-order valence-electron chi connectivity index (χ1n) is 6.64. The molecule has 0 aromatic heterocycles. The van der Waals surface area contributed by atoms with Gasteiger partial charge in [-0.2, -0.15) is 0 Å². The van der Waals surface area contributed by atoms with E-state index in [1.807, 2.05) is 32.0 Å². The fourth-order valence-corrected chi connectivity index (χ4v) is 2.41. The van der Waals surface area contributed by atoms with Crippen molar-refractivity contribution in [3.05, 3.63) is 22.7 Å². The Morgan fingerprint density at radius 1 is 1.48 bits per heavy atom. The molecule has 1 heterocycles. The number of morpholine rings is 1. The maximum absolute atomic E-state index is 12.1. The lowest BCUT2D eigenvalue weighted by molar-refractivity contribution is -0.120. The minimum Gasteiger partial charge on any atom is -0.491 e. The molecule has 1 amide bonds. The first-order chi connectivity index (χ1) is 9.54. The van der Waals surface area contributed by atoms with E-state index in [-0.39, 0.29) is 30.5 Å². The molecule has 2 N–H and O–H groups in total. The van der Waals surface area contributed by atoms with Gasteiger partial charge in [0, 0.05) is 22.8 Å². The second-order valence-corrected chi connectivity index (χ2v) is 5.83. The van der Waals surface area contributed by atoms with Crippen LogP contribution in [0.3, 0.4) is 0 Å². The van der Waals surface area contributed by atoms with Crippen molar-refractivity contribution in [2.45, 2.75) is 26.0 Å². The number of carbonyl (C=O) groups is 1. The molecule has 1 aromatic rings. The van der Waals surface area contributed by atoms with E-state index in [2.05, 4.69) is 26.6 Å². The molecule has 118 valence electrons. The van der Waals surface area contributed by atoms with Crippen molar-refractivity contribution < 1.29 is 14.3 Å². The largest absolute Gasteiger partial charge is 0.491 e. The Hall–Kier alpha value is -0.820. The molecule has 0 radical (unpaired) electrons. The summed E-state index contributed by atoms with van der Waals surface area (Å²) < 4.78 is 11.8. The predicted octanol–water partition coefficient (Wildman–Crippen LogP) is 2.59. The molecule has 7 heteroatoms. The molecular formula is C14H20BrClN2O3. The summed E-state index contributed by atoms with van der Waals surface area (Å²) in [6.07, 6.45) is 0.0845. The van der Waals surface area contributed by atoms with Gasteiger partial charge >= 0.3 is 0 Å². The molecule has 1 aliphatic rings. The lowest BCUT2D eigenvalue weighted by Gasteiger charge is -2.23. The molecule has 0 bridgehead atoms. The van der Waals surface area contributed by atoms with Crippen LogP contribution in [0.25, 0.3) is 0 Å². The van der Waals surface area contributed by atoms with E-state index in [4.69, 9.17) is 9.47 Å². The summed E-state index contributed by atoms with van der Waals surface area (Å²) in [6.45, 7) is 5.66. The number of halogens is 2. The first-order valence-corrected chi connectivity index (χ1v) is 7.43. The van der Waals surface area contributed by atoms with E-state index in [9.17, 15) is 4.79 Å². The monoisotopic (exact) mass is 378 g/mol. The van der Waals surface area contributed by atoms with Crippen molar-refractivity contribution in [1.29, 1.82) is 0 Å². The Morgan fingerprint density at radius 2 is 2.24 bits per heavy atom. The first kappa shape index (κ1) is 18.2. The van der Waals surface area contributed by atoms with Gasteiger partial charge in [-0.05, 0) is 26.0 Å². The predicted molar refractivity (Wildman–Crippen MR) is 88.4 cm³/mol. The van der Waals surface area contributed by atoms with Gasteiger partial charge in [0.15, 0.2) is 0 Å². The molecule has 0 aliphatic carbocycles. The van der Waals surface area contributed by atoms with Crippen molar-refractivity contribution in [2.75, 3.05) is 25.1 Å². The average Bonchev–Trinajstić information content (AvgIpc) is 2.38. The average molecular weight is 380 g/mol. The zero-order chi connectivity index (χ0) is 14.5. The number of hydrogen-bond donors (Lipinski definition) is 2. The number of anilines is 1. The lowest BCUT2D eigenvalue weighted by atomic mass is 10.2. The van der Waals surface area contributed by atoms with E-state index in [1.165, 1.54) is 0 Å². The van der Waals surface area contributed by atoms with Gasteiger partial charge in [-0.15, -0.1) is 12.4 Å². The minimum atomic E-state index is -0.308. The van der Waals surface area contributed by atoms with Crippen LogP contribution in [0.5, 0.6) is 5.75 Å². The highest BCUT2D eigenvalue weighted by atomic mass is 79.9. The molecule has 1 aliphatic heterocycles. The maximum atomic E-state index is 12.1. The van der Waals surface area contributed by atoms with Crippen LogP contribution < -0.4 is 15.4 Å². The van der Waals surface area contributed by atoms with Crippen LogP contribution in [-0.2, 0) is 9.53 Å². The molecule has 1 atom stereocenters. The van der Waals surface area contributed by atoms with Gasteiger partial charge in [-0.25, -0.2) is 0 Å². The second-order valence-electron chi connectivity index (χ2n) is 4.91. The SMILES string of the molecule is CC(C)Oc1cc(Br)cc(NC(=O)C2COCCN2)c1.Cl. The smallest absolute Gasteiger partial charge is 0.243 e. The van der Waals surface area contributed by atoms with Gasteiger partial charge < -0.3 is 20.1 Å². The van der Waals surface area contributed by atoms with Gasteiger partial charge in [0.1, 0.15) is 11.8 Å². The molecule has 1 aromatic carbocycles. The van der Waals surface area contributed by atoms with E-state index >= 15 is 0 Å². The van der Waals surface area contributed by atoms with E-state index < -0.39 is 0 Å². The topological polar surface area (TPSA) is 59.6 Å². The number of benzene rings is 1. The zero-order valence-electron chi connectivity index (χ0n) is 12.0. The Kier molecular flexibility index (Phi) is 7.45. The molecule has 21 heavy (non-hydrogen) atoms. The summed E-state index contributed by atoms with van der Waals surface area (Å²) in [4.78, 5) is 12.1. The summed E-state index contributed by atoms with van der Waals surface area (Å²) in [5, 5.41) is 6.00. The second kappa shape index (κ2) is 8.58. The standard InChI is InChI=1S/C14H19BrN2O3.ClH/c1-9(2)20-12-6-10(15)5-11(7-12)17-14(18)13-8-19-4-3-16-13;/h5-7,9,13,16H,3-4,8H2,1-2H3,(H,17,18);1H. The third kappa shape index (κ3) is 5.82. The highest BCUT2D eigenvalue weighted by Crippen LogP contribution is 2.25. The van der Waals surface area contributed by atoms with E-state index in [0.29, 0.717) is 25.4 Å². The van der Waals surface area contributed by atoms with Crippen LogP contribution in [0.1, 0.15) is 13.8 Å². The molecule has 2 rings (SSSR count). The highest BCUT2D eigenvalue weighted by molar-refractivity contribution is 9.10. The van der Waals surface area contributed by atoms with Crippen molar-refractivity contribution >= 4 is 39.9 Å². The maximum Gasteiger partial charge on any atom is 0.243 e. The van der Waals surface area contributed by atoms with Crippen LogP contribution >= 0.6 is 28.3 Å². The number of rotatable bonds is 4. The Labute approximate surface area is 139 Å². The third-order valence-electron chi connectivity index (χ3n) is 2.75. The van der Waals surface area contributed by atoms with Gasteiger partial charge in [-0.3, -0.25) is 4.79 Å². The molecule has 1 fully saturated rings. The number of nitrogens with one attached hydrogen (secondary N) is 2. The summed E-state index contributed by atoms with van der Waals surface area (Å²) in [5.41, 5.74) is 0.701. The number of ether oxygens (including phenoxy) is 2. The Bertz CT molecular complexity index is 479. The number of hydrogen-bond acceptors (Lipinski definition) is 4. The fourth-order valence-electron chi connectivity index (χ4n) is 1.94. The molecule has 0 spiro atoms. The summed E-state index contributed by atoms with van der Waals surface area (Å²) in [5.74, 6) is 0.621. The van der Waals surface area contributed by atoms with Gasteiger partial charge in [0.25, 0.3) is 0 Å². The Morgan fingerprint density at radius 3 is 2.86 bits per heavy atom. The third-order valence-corrected chi connectivity index (χ3v) is 3.21. The fraction of sp³-hybridized carbons (Fsp3) is 0.500. The van der Waals surface area contributed by atoms with Crippen molar-refractivity contribution in [3.8, 4) is 5.75 Å². The number of carbonyl (C=O) groups excluding carboxylic acids is 1. The van der Waals surface area contributed by atoms with Crippen molar-refractivity contribution in [1.82, 2.24) is 5.32 Å². The quantitative estimate of drug-likeness (QED) is 0.844. The van der Waals surface area contributed by atoms with E-state index in [1.54, 1.807) is 0 Å². The minimum absolute atomic E-state index is 0. The van der Waals surface area contributed by atoms with Crippen LogP contribution in [0, 0.1) is 0 Å². The lowest BCUT2D eigenvalue weighted by Crippen LogP contribution is -2.48. The summed E-state index contributed by atoms with van der Waals surface area (Å²) in [7, 11) is 0. The zero-order valence-corrected chi connectivity index (χ0v) is 14.4. The van der Waals surface area contributed by atoms with Crippen LogP contribution in [0.4, 0.5) is 5.69 Å². The van der Waals surface area contributed by atoms with Gasteiger partial charge in [0.2, 0.25) is 5.91 Å². The van der Waals surface area contributed by atoms with Crippen molar-refractivity contribution in [3.63, 3.8) is 0 Å².